The maximum absolute atomic E-state index is 13.3. The van der Waals surface area contributed by atoms with Gasteiger partial charge in [-0.2, -0.15) is 0 Å². The summed E-state index contributed by atoms with van der Waals surface area (Å²) < 4.78 is 32.1. The van der Waals surface area contributed by atoms with E-state index in [4.69, 9.17) is 0 Å². The van der Waals surface area contributed by atoms with E-state index in [9.17, 15) is 9.11 Å². The molecule has 0 fully saturated rings. The van der Waals surface area contributed by atoms with Crippen molar-refractivity contribution in [2.24, 2.45) is 0 Å². The van der Waals surface area contributed by atoms with Gasteiger partial charge in [0.25, 0.3) is 0 Å². The first kappa shape index (κ1) is 31.9. The fourth-order valence-electron chi connectivity index (χ4n) is 3.48. The first-order valence-corrected chi connectivity index (χ1v) is 16.0. The highest BCUT2D eigenvalue weighted by Crippen LogP contribution is 2.26. The summed E-state index contributed by atoms with van der Waals surface area (Å²) in [7, 11) is 0. The molecule has 2 aromatic rings. The summed E-state index contributed by atoms with van der Waals surface area (Å²) in [6.07, 6.45) is 12.1. The molecule has 2 atom stereocenters. The maximum Gasteiger partial charge on any atom is 0.156 e. The topological polar surface area (TPSA) is 113 Å². The van der Waals surface area contributed by atoms with Gasteiger partial charge in [0.2, 0.25) is 0 Å². The molecule has 2 heterocycles. The van der Waals surface area contributed by atoms with Crippen LogP contribution in [-0.2, 0) is 35.6 Å². The SMILES string of the molecule is CC(C)(C)[S+]([O-])N(CCCCc1cncc(Br)n1)CC(C)(C)[S+]([O-])NCCCCc1cncc(Br)n1. The van der Waals surface area contributed by atoms with Crippen LogP contribution in [0.4, 0.5) is 0 Å². The van der Waals surface area contributed by atoms with Crippen LogP contribution >= 0.6 is 31.9 Å². The Morgan fingerprint density at radius 1 is 0.833 bits per heavy atom. The van der Waals surface area contributed by atoms with Crippen LogP contribution in [0.1, 0.15) is 71.7 Å². The van der Waals surface area contributed by atoms with Crippen LogP contribution in [0.5, 0.6) is 0 Å². The van der Waals surface area contributed by atoms with E-state index >= 15 is 0 Å². The lowest BCUT2D eigenvalue weighted by molar-refractivity contribution is 0.352. The average Bonchev–Trinajstić information content (AvgIpc) is 2.79. The highest BCUT2D eigenvalue weighted by atomic mass is 79.9. The van der Waals surface area contributed by atoms with Crippen molar-refractivity contribution in [2.45, 2.75) is 82.6 Å². The van der Waals surface area contributed by atoms with E-state index in [0.717, 1.165) is 59.1 Å². The highest BCUT2D eigenvalue weighted by molar-refractivity contribution is 9.10. The minimum Gasteiger partial charge on any atom is -0.598 e. The molecule has 12 heteroatoms. The van der Waals surface area contributed by atoms with Crippen LogP contribution in [0.15, 0.2) is 34.0 Å². The first-order chi connectivity index (χ1) is 16.9. The number of aromatic nitrogens is 4. The third-order valence-electron chi connectivity index (χ3n) is 5.31. The van der Waals surface area contributed by atoms with E-state index in [-0.39, 0.29) is 0 Å². The Morgan fingerprint density at radius 2 is 1.36 bits per heavy atom. The molecule has 0 spiro atoms. The van der Waals surface area contributed by atoms with Crippen LogP contribution in [0, 0.1) is 0 Å². The van der Waals surface area contributed by atoms with Crippen LogP contribution in [-0.4, -0.2) is 62.5 Å². The Labute approximate surface area is 239 Å². The smallest absolute Gasteiger partial charge is 0.156 e. The lowest BCUT2D eigenvalue weighted by Gasteiger charge is -2.37. The molecule has 0 bridgehead atoms. The van der Waals surface area contributed by atoms with E-state index in [0.29, 0.717) is 19.6 Å². The summed E-state index contributed by atoms with van der Waals surface area (Å²) in [5.74, 6) is 0. The Morgan fingerprint density at radius 3 is 1.86 bits per heavy atom. The van der Waals surface area contributed by atoms with Crippen LogP contribution < -0.4 is 4.72 Å². The third-order valence-corrected chi connectivity index (χ3v) is 9.50. The second-order valence-electron chi connectivity index (χ2n) is 10.2. The van der Waals surface area contributed by atoms with Gasteiger partial charge in [-0.15, -0.1) is 9.03 Å². The second kappa shape index (κ2) is 15.3. The van der Waals surface area contributed by atoms with Gasteiger partial charge >= 0.3 is 0 Å². The molecule has 36 heavy (non-hydrogen) atoms. The van der Waals surface area contributed by atoms with Crippen molar-refractivity contribution in [1.82, 2.24) is 29.0 Å². The normalized spacial score (nSPS) is 14.3. The summed E-state index contributed by atoms with van der Waals surface area (Å²) in [6, 6.07) is 0. The van der Waals surface area contributed by atoms with Crippen molar-refractivity contribution in [3.05, 3.63) is 45.4 Å². The number of hydrogen-bond acceptors (Lipinski definition) is 8. The average molecular weight is 667 g/mol. The van der Waals surface area contributed by atoms with E-state index in [2.05, 4.69) is 56.5 Å². The Balaban J connectivity index is 1.83. The molecule has 202 valence electrons. The van der Waals surface area contributed by atoms with E-state index in [1.165, 1.54) is 0 Å². The quantitative estimate of drug-likeness (QED) is 0.210. The zero-order chi connectivity index (χ0) is 26.8. The minimum absolute atomic E-state index is 0.393. The largest absolute Gasteiger partial charge is 0.598 e. The van der Waals surface area contributed by atoms with E-state index < -0.39 is 32.2 Å². The van der Waals surface area contributed by atoms with Crippen molar-refractivity contribution < 1.29 is 9.11 Å². The zero-order valence-electron chi connectivity index (χ0n) is 21.8. The minimum atomic E-state index is -1.27. The molecule has 8 nitrogen and oxygen atoms in total. The van der Waals surface area contributed by atoms with Crippen molar-refractivity contribution >= 4 is 54.6 Å². The van der Waals surface area contributed by atoms with Crippen molar-refractivity contribution in [1.29, 1.82) is 0 Å². The Kier molecular flexibility index (Phi) is 13.5. The number of rotatable bonds is 15. The summed E-state index contributed by atoms with van der Waals surface area (Å²) >= 11 is 4.23. The fourth-order valence-corrected chi connectivity index (χ4v) is 6.75. The molecule has 0 amide bonds. The monoisotopic (exact) mass is 664 g/mol. The molecule has 0 aliphatic heterocycles. The van der Waals surface area contributed by atoms with Gasteiger partial charge in [-0.1, -0.05) is 0 Å². The van der Waals surface area contributed by atoms with Gasteiger partial charge in [-0.25, -0.2) is 9.97 Å². The molecular formula is C24H38Br2N6O2S2. The number of nitrogens with one attached hydrogen (secondary N) is 1. The molecule has 0 aliphatic rings. The molecule has 0 aromatic carbocycles. The number of hydrogen-bond donors (Lipinski definition) is 1. The summed E-state index contributed by atoms with van der Waals surface area (Å²) in [6.45, 7) is 11.7. The van der Waals surface area contributed by atoms with Gasteiger partial charge in [0, 0.05) is 48.2 Å². The van der Waals surface area contributed by atoms with Crippen LogP contribution in [0.3, 0.4) is 0 Å². The highest BCUT2D eigenvalue weighted by Gasteiger charge is 2.41. The summed E-state index contributed by atoms with van der Waals surface area (Å²) in [5.41, 5.74) is 1.88. The lowest BCUT2D eigenvalue weighted by atomic mass is 10.2. The number of aryl methyl sites for hydroxylation is 2. The van der Waals surface area contributed by atoms with Crippen molar-refractivity contribution in [3.63, 3.8) is 0 Å². The van der Waals surface area contributed by atoms with Gasteiger partial charge in [0.1, 0.15) is 14.0 Å². The van der Waals surface area contributed by atoms with Crippen LogP contribution in [0.2, 0.25) is 0 Å². The van der Waals surface area contributed by atoms with Crippen molar-refractivity contribution in [2.75, 3.05) is 19.6 Å². The molecule has 2 rings (SSSR count). The summed E-state index contributed by atoms with van der Waals surface area (Å²) in [4.78, 5) is 17.1. The molecule has 0 saturated heterocycles. The zero-order valence-corrected chi connectivity index (χ0v) is 26.6. The van der Waals surface area contributed by atoms with E-state index in [1.54, 1.807) is 24.8 Å². The van der Waals surface area contributed by atoms with Gasteiger partial charge in [0.05, 0.1) is 30.3 Å². The van der Waals surface area contributed by atoms with Gasteiger partial charge in [-0.3, -0.25) is 9.97 Å². The number of halogens is 2. The Hall–Kier alpha value is -0.340. The van der Waals surface area contributed by atoms with Crippen LogP contribution in [0.25, 0.3) is 0 Å². The third kappa shape index (κ3) is 11.6. The van der Waals surface area contributed by atoms with E-state index in [1.807, 2.05) is 38.9 Å². The molecule has 0 radical (unpaired) electrons. The predicted molar refractivity (Wildman–Crippen MR) is 155 cm³/mol. The van der Waals surface area contributed by atoms with Gasteiger partial charge in [-0.05, 0) is 105 Å². The lowest BCUT2D eigenvalue weighted by Crippen LogP contribution is -2.54. The molecular weight excluding hydrogens is 628 g/mol. The molecule has 0 aliphatic carbocycles. The summed E-state index contributed by atoms with van der Waals surface area (Å²) in [5, 5.41) is 0. The Bertz CT molecular complexity index is 935. The predicted octanol–water partition coefficient (Wildman–Crippen LogP) is 4.93. The van der Waals surface area contributed by atoms with Gasteiger partial charge in [0.15, 0.2) is 4.75 Å². The molecule has 2 unspecified atom stereocenters. The standard InChI is InChI=1S/C24H38Br2N6O2S2/c1-23(2,3)36(34)32(13-9-7-11-20-15-28-17-22(26)31-20)18-24(4,5)35(33)29-12-8-6-10-19-14-27-16-21(25)30-19/h14-17,29H,6-13,18H2,1-5H3. The molecule has 0 saturated carbocycles. The molecule has 2 aromatic heterocycles. The fraction of sp³-hybridized carbons (Fsp3) is 0.667. The molecule has 1 N–H and O–H groups in total. The first-order valence-electron chi connectivity index (χ1n) is 12.1. The van der Waals surface area contributed by atoms with Crippen molar-refractivity contribution in [3.8, 4) is 0 Å². The van der Waals surface area contributed by atoms with Gasteiger partial charge < -0.3 is 9.11 Å². The maximum atomic E-state index is 13.3. The number of unbranched alkanes of at least 4 members (excludes halogenated alkanes) is 2. The second-order valence-corrected chi connectivity index (χ2v) is 16.0. The number of nitrogens with zero attached hydrogens (tertiary/aromatic N) is 5.